The molecule has 1 rings (SSSR count). The largest absolute Gasteiger partial charge is 0.481 e. The fourth-order valence-corrected chi connectivity index (χ4v) is 2.09. The van der Waals surface area contributed by atoms with Crippen molar-refractivity contribution in [1.29, 1.82) is 0 Å². The second-order valence-corrected chi connectivity index (χ2v) is 6.44. The molecule has 0 fully saturated rings. The highest BCUT2D eigenvalue weighted by atomic mass is 16.4. The van der Waals surface area contributed by atoms with Gasteiger partial charge in [-0.2, -0.15) is 5.10 Å². The Bertz CT molecular complexity index is 497. The Kier molecular flexibility index (Phi) is 5.34. The third-order valence-corrected chi connectivity index (χ3v) is 3.08. The van der Waals surface area contributed by atoms with E-state index < -0.39 is 17.9 Å². The summed E-state index contributed by atoms with van der Waals surface area (Å²) >= 11 is 0. The van der Waals surface area contributed by atoms with Crippen LogP contribution in [-0.4, -0.2) is 33.8 Å². The molecule has 21 heavy (non-hydrogen) atoms. The lowest BCUT2D eigenvalue weighted by Crippen LogP contribution is -2.37. The molecule has 4 N–H and O–H groups in total. The number of carbonyl (C=O) groups excluding carboxylic acids is 1. The quantitative estimate of drug-likeness (QED) is 0.668. The number of aliphatic carboxylic acids is 1. The van der Waals surface area contributed by atoms with Crippen molar-refractivity contribution in [3.63, 3.8) is 0 Å². The van der Waals surface area contributed by atoms with Crippen LogP contribution >= 0.6 is 0 Å². The summed E-state index contributed by atoms with van der Waals surface area (Å²) in [6.45, 7) is 9.59. The molecule has 0 saturated carbocycles. The number of aromatic amines is 1. The lowest BCUT2D eigenvalue weighted by Gasteiger charge is -2.23. The van der Waals surface area contributed by atoms with Crippen molar-refractivity contribution in [2.75, 3.05) is 11.9 Å². The fourth-order valence-electron chi connectivity index (χ4n) is 2.09. The molecule has 7 nitrogen and oxygen atoms in total. The smallest absolute Gasteiger partial charge is 0.319 e. The molecule has 118 valence electrons. The maximum absolute atomic E-state index is 11.9. The topological polar surface area (TPSA) is 107 Å². The highest BCUT2D eigenvalue weighted by Gasteiger charge is 2.25. The number of hydrogen-bond acceptors (Lipinski definition) is 3. The first-order chi connectivity index (χ1) is 9.60. The van der Waals surface area contributed by atoms with Gasteiger partial charge in [0.15, 0.2) is 0 Å². The molecule has 1 aromatic rings. The van der Waals surface area contributed by atoms with Gasteiger partial charge in [-0.25, -0.2) is 4.79 Å². The number of nitrogens with one attached hydrogen (secondary N) is 3. The predicted octanol–water partition coefficient (Wildman–Crippen LogP) is 2.29. The number of carbonyl (C=O) groups is 2. The van der Waals surface area contributed by atoms with E-state index in [1.165, 1.54) is 0 Å². The number of amides is 2. The van der Waals surface area contributed by atoms with E-state index in [9.17, 15) is 14.7 Å². The Morgan fingerprint density at radius 2 is 1.95 bits per heavy atom. The molecule has 0 aliphatic carbocycles. The monoisotopic (exact) mass is 296 g/mol. The van der Waals surface area contributed by atoms with Gasteiger partial charge in [0.05, 0.1) is 23.0 Å². The third-order valence-electron chi connectivity index (χ3n) is 3.08. The SMILES string of the molecule is Cc1n[nH]c(C)c1NC(=O)NCC(CC(C)(C)C)C(=O)O. The molecule has 2 amide bonds. The van der Waals surface area contributed by atoms with Crippen LogP contribution in [0.25, 0.3) is 0 Å². The Balaban J connectivity index is 2.56. The zero-order valence-electron chi connectivity index (χ0n) is 13.2. The minimum Gasteiger partial charge on any atom is -0.481 e. The zero-order chi connectivity index (χ0) is 16.2. The van der Waals surface area contributed by atoms with Crippen molar-refractivity contribution in [2.24, 2.45) is 11.3 Å². The molecule has 0 saturated heterocycles. The average molecular weight is 296 g/mol. The van der Waals surface area contributed by atoms with Gasteiger partial charge in [-0.1, -0.05) is 20.8 Å². The van der Waals surface area contributed by atoms with Crippen LogP contribution in [0.4, 0.5) is 10.5 Å². The van der Waals surface area contributed by atoms with Crippen molar-refractivity contribution >= 4 is 17.7 Å². The van der Waals surface area contributed by atoms with Crippen molar-refractivity contribution in [3.8, 4) is 0 Å². The van der Waals surface area contributed by atoms with E-state index in [1.807, 2.05) is 20.8 Å². The van der Waals surface area contributed by atoms with Gasteiger partial charge in [-0.05, 0) is 25.7 Å². The molecule has 0 spiro atoms. The second-order valence-electron chi connectivity index (χ2n) is 6.44. The standard InChI is InChI=1S/C14H24N4O3/c1-8-11(9(2)18-17-8)16-13(21)15-7-10(12(19)20)6-14(3,4)5/h10H,6-7H2,1-5H3,(H,17,18)(H,19,20)(H2,15,16,21). The Hall–Kier alpha value is -2.05. The van der Waals surface area contributed by atoms with Crippen LogP contribution in [0.15, 0.2) is 0 Å². The van der Waals surface area contributed by atoms with Gasteiger partial charge in [0.2, 0.25) is 0 Å². The van der Waals surface area contributed by atoms with E-state index in [1.54, 1.807) is 13.8 Å². The first-order valence-electron chi connectivity index (χ1n) is 6.89. The maximum atomic E-state index is 11.9. The first-order valence-corrected chi connectivity index (χ1v) is 6.89. The highest BCUT2D eigenvalue weighted by molar-refractivity contribution is 5.90. The lowest BCUT2D eigenvalue weighted by atomic mass is 9.84. The molecule has 0 aromatic carbocycles. The van der Waals surface area contributed by atoms with Crippen LogP contribution in [0.1, 0.15) is 38.6 Å². The van der Waals surface area contributed by atoms with Crippen LogP contribution in [0.2, 0.25) is 0 Å². The van der Waals surface area contributed by atoms with Gasteiger partial charge in [0.25, 0.3) is 0 Å². The van der Waals surface area contributed by atoms with Gasteiger partial charge >= 0.3 is 12.0 Å². The van der Waals surface area contributed by atoms with E-state index in [2.05, 4.69) is 20.8 Å². The summed E-state index contributed by atoms with van der Waals surface area (Å²) in [7, 11) is 0. The molecule has 1 atom stereocenters. The highest BCUT2D eigenvalue weighted by Crippen LogP contribution is 2.24. The molecule has 0 bridgehead atoms. The Labute approximate surface area is 124 Å². The molecular weight excluding hydrogens is 272 g/mol. The molecule has 1 unspecified atom stereocenters. The van der Waals surface area contributed by atoms with Crippen LogP contribution in [0.5, 0.6) is 0 Å². The number of rotatable bonds is 5. The molecule has 0 radical (unpaired) electrons. The summed E-state index contributed by atoms with van der Waals surface area (Å²) in [6, 6.07) is -0.428. The van der Waals surface area contributed by atoms with E-state index in [-0.39, 0.29) is 12.0 Å². The maximum Gasteiger partial charge on any atom is 0.319 e. The summed E-state index contributed by atoms with van der Waals surface area (Å²) in [5.74, 6) is -1.51. The summed E-state index contributed by atoms with van der Waals surface area (Å²) in [6.07, 6.45) is 0.492. The summed E-state index contributed by atoms with van der Waals surface area (Å²) < 4.78 is 0. The molecule has 7 heteroatoms. The Morgan fingerprint density at radius 3 is 2.38 bits per heavy atom. The average Bonchev–Trinajstić information content (AvgIpc) is 2.64. The van der Waals surface area contributed by atoms with Crippen LogP contribution in [-0.2, 0) is 4.79 Å². The zero-order valence-corrected chi connectivity index (χ0v) is 13.2. The van der Waals surface area contributed by atoms with E-state index in [0.717, 1.165) is 5.69 Å². The molecule has 1 aromatic heterocycles. The second kappa shape index (κ2) is 6.60. The number of urea groups is 1. The third kappa shape index (κ3) is 5.45. The minimum atomic E-state index is -0.902. The Morgan fingerprint density at radius 1 is 1.33 bits per heavy atom. The molecular formula is C14H24N4O3. The first kappa shape index (κ1) is 17.0. The van der Waals surface area contributed by atoms with Crippen molar-refractivity contribution in [1.82, 2.24) is 15.5 Å². The lowest BCUT2D eigenvalue weighted by molar-refractivity contribution is -0.142. The van der Waals surface area contributed by atoms with Gasteiger partial charge < -0.3 is 15.7 Å². The number of aryl methyl sites for hydroxylation is 2. The number of carboxylic acid groups (broad SMARTS) is 1. The number of anilines is 1. The van der Waals surface area contributed by atoms with Crippen molar-refractivity contribution in [2.45, 2.75) is 41.0 Å². The number of H-pyrrole nitrogens is 1. The van der Waals surface area contributed by atoms with Crippen molar-refractivity contribution in [3.05, 3.63) is 11.4 Å². The van der Waals surface area contributed by atoms with Crippen LogP contribution in [0, 0.1) is 25.2 Å². The molecule has 0 aliphatic heterocycles. The van der Waals surface area contributed by atoms with E-state index in [0.29, 0.717) is 17.8 Å². The number of hydrogen-bond donors (Lipinski definition) is 4. The number of carboxylic acids is 1. The summed E-state index contributed by atoms with van der Waals surface area (Å²) in [5.41, 5.74) is 1.95. The van der Waals surface area contributed by atoms with Crippen LogP contribution in [0.3, 0.4) is 0 Å². The number of nitrogens with zero attached hydrogens (tertiary/aromatic N) is 1. The van der Waals surface area contributed by atoms with Crippen LogP contribution < -0.4 is 10.6 Å². The molecule has 1 heterocycles. The van der Waals surface area contributed by atoms with Gasteiger partial charge in [-0.15, -0.1) is 0 Å². The van der Waals surface area contributed by atoms with Crippen molar-refractivity contribution < 1.29 is 14.7 Å². The fraction of sp³-hybridized carbons (Fsp3) is 0.643. The normalized spacial score (nSPS) is 12.8. The molecule has 0 aliphatic rings. The minimum absolute atomic E-state index is 0.0917. The van der Waals surface area contributed by atoms with Gasteiger partial charge in [-0.3, -0.25) is 9.89 Å². The van der Waals surface area contributed by atoms with E-state index >= 15 is 0 Å². The summed E-state index contributed by atoms with van der Waals surface area (Å²) in [5, 5.41) is 21.2. The summed E-state index contributed by atoms with van der Waals surface area (Å²) in [4.78, 5) is 23.1. The van der Waals surface area contributed by atoms with Gasteiger partial charge in [0.1, 0.15) is 0 Å². The van der Waals surface area contributed by atoms with E-state index in [4.69, 9.17) is 0 Å². The van der Waals surface area contributed by atoms with Gasteiger partial charge in [0, 0.05) is 6.54 Å². The predicted molar refractivity (Wildman–Crippen MR) is 80.3 cm³/mol. The number of aromatic nitrogens is 2.